The minimum Gasteiger partial charge on any atom is -0.310 e. The molecule has 0 aromatic heterocycles. The molecule has 4 heteroatoms. The number of nitrogens with one attached hydrogen (secondary N) is 1. The van der Waals surface area contributed by atoms with Crippen molar-refractivity contribution in [3.8, 4) is 0 Å². The molecule has 1 aromatic rings. The third-order valence-electron chi connectivity index (χ3n) is 3.26. The second-order valence-corrected chi connectivity index (χ2v) is 5.38. The zero-order chi connectivity index (χ0) is 14.3. The smallest absolute Gasteiger partial charge is 0.274 e. The predicted octanol–water partition coefficient (Wildman–Crippen LogP) is 4.07. The third kappa shape index (κ3) is 5.39. The van der Waals surface area contributed by atoms with Crippen LogP contribution in [0.5, 0.6) is 0 Å². The lowest BCUT2D eigenvalue weighted by molar-refractivity contribution is -0.385. The number of nitro groups is 1. The normalized spacial score (nSPS) is 12.6. The Labute approximate surface area is 115 Å². The standard InChI is InChI=1S/C15H24N2O2/c1-12(2)8-6-7-11-16-13(3)14-9-4-5-10-15(14)17(18)19/h4-5,9-10,12-13,16H,6-8,11H2,1-3H3. The summed E-state index contributed by atoms with van der Waals surface area (Å²) in [7, 11) is 0. The Morgan fingerprint density at radius 3 is 2.53 bits per heavy atom. The van der Waals surface area contributed by atoms with E-state index in [1.807, 2.05) is 19.1 Å². The molecule has 106 valence electrons. The van der Waals surface area contributed by atoms with E-state index < -0.39 is 0 Å². The van der Waals surface area contributed by atoms with Gasteiger partial charge in [0.05, 0.1) is 4.92 Å². The average Bonchev–Trinajstić information content (AvgIpc) is 2.37. The van der Waals surface area contributed by atoms with Gasteiger partial charge in [-0.05, 0) is 25.8 Å². The van der Waals surface area contributed by atoms with Crippen LogP contribution in [-0.2, 0) is 0 Å². The minimum absolute atomic E-state index is 0.0145. The molecule has 1 rings (SSSR count). The van der Waals surface area contributed by atoms with Crippen LogP contribution in [0.2, 0.25) is 0 Å². The van der Waals surface area contributed by atoms with E-state index in [0.717, 1.165) is 24.4 Å². The molecule has 19 heavy (non-hydrogen) atoms. The molecule has 1 unspecified atom stereocenters. The van der Waals surface area contributed by atoms with Crippen LogP contribution in [0.4, 0.5) is 5.69 Å². The number of para-hydroxylation sites is 1. The molecule has 0 saturated carbocycles. The van der Waals surface area contributed by atoms with E-state index in [1.54, 1.807) is 12.1 Å². The van der Waals surface area contributed by atoms with Crippen molar-refractivity contribution in [1.82, 2.24) is 5.32 Å². The van der Waals surface area contributed by atoms with E-state index in [4.69, 9.17) is 0 Å². The molecule has 1 N–H and O–H groups in total. The molecule has 0 heterocycles. The molecular formula is C15H24N2O2. The summed E-state index contributed by atoms with van der Waals surface area (Å²) in [4.78, 5) is 10.6. The van der Waals surface area contributed by atoms with Gasteiger partial charge in [0.2, 0.25) is 0 Å². The molecule has 0 amide bonds. The summed E-state index contributed by atoms with van der Waals surface area (Å²) in [6, 6.07) is 6.95. The van der Waals surface area contributed by atoms with Crippen molar-refractivity contribution in [2.75, 3.05) is 6.54 Å². The van der Waals surface area contributed by atoms with Crippen LogP contribution in [0, 0.1) is 16.0 Å². The number of nitrogens with zero attached hydrogens (tertiary/aromatic N) is 1. The van der Waals surface area contributed by atoms with Crippen molar-refractivity contribution in [1.29, 1.82) is 0 Å². The molecule has 0 spiro atoms. The number of rotatable bonds is 8. The van der Waals surface area contributed by atoms with Gasteiger partial charge in [0.25, 0.3) is 5.69 Å². The summed E-state index contributed by atoms with van der Waals surface area (Å²) < 4.78 is 0. The lowest BCUT2D eigenvalue weighted by Crippen LogP contribution is -2.20. The quantitative estimate of drug-likeness (QED) is 0.437. The molecule has 0 saturated heterocycles. The topological polar surface area (TPSA) is 55.2 Å². The van der Waals surface area contributed by atoms with Gasteiger partial charge in [-0.2, -0.15) is 0 Å². The van der Waals surface area contributed by atoms with E-state index in [0.29, 0.717) is 0 Å². The van der Waals surface area contributed by atoms with Gasteiger partial charge in [0, 0.05) is 17.7 Å². The van der Waals surface area contributed by atoms with Crippen LogP contribution in [0.25, 0.3) is 0 Å². The fraction of sp³-hybridized carbons (Fsp3) is 0.600. The summed E-state index contributed by atoms with van der Waals surface area (Å²) >= 11 is 0. The Morgan fingerprint density at radius 2 is 1.89 bits per heavy atom. The predicted molar refractivity (Wildman–Crippen MR) is 78.2 cm³/mol. The summed E-state index contributed by atoms with van der Waals surface area (Å²) in [6.07, 6.45) is 3.55. The van der Waals surface area contributed by atoms with Crippen LogP contribution in [0.15, 0.2) is 24.3 Å². The van der Waals surface area contributed by atoms with Crippen LogP contribution in [0.1, 0.15) is 51.6 Å². The van der Waals surface area contributed by atoms with Gasteiger partial charge >= 0.3 is 0 Å². The highest BCUT2D eigenvalue weighted by Crippen LogP contribution is 2.24. The number of nitro benzene ring substituents is 1. The molecular weight excluding hydrogens is 240 g/mol. The van der Waals surface area contributed by atoms with E-state index in [1.165, 1.54) is 12.8 Å². The molecule has 0 aliphatic rings. The maximum Gasteiger partial charge on any atom is 0.274 e. The van der Waals surface area contributed by atoms with Crippen molar-refractivity contribution in [3.63, 3.8) is 0 Å². The highest BCUT2D eigenvalue weighted by atomic mass is 16.6. The Morgan fingerprint density at radius 1 is 1.21 bits per heavy atom. The largest absolute Gasteiger partial charge is 0.310 e. The molecule has 0 bridgehead atoms. The monoisotopic (exact) mass is 264 g/mol. The maximum absolute atomic E-state index is 11.0. The average molecular weight is 264 g/mol. The van der Waals surface area contributed by atoms with Crippen LogP contribution in [0.3, 0.4) is 0 Å². The van der Waals surface area contributed by atoms with Gasteiger partial charge < -0.3 is 5.32 Å². The highest BCUT2D eigenvalue weighted by Gasteiger charge is 2.17. The maximum atomic E-state index is 11.0. The Balaban J connectivity index is 2.45. The first kappa shape index (κ1) is 15.6. The van der Waals surface area contributed by atoms with Crippen molar-refractivity contribution < 1.29 is 4.92 Å². The first-order valence-corrected chi connectivity index (χ1v) is 6.99. The summed E-state index contributed by atoms with van der Waals surface area (Å²) in [5, 5.41) is 14.3. The Bertz CT molecular complexity index is 405. The second kappa shape index (κ2) is 7.89. The van der Waals surface area contributed by atoms with E-state index >= 15 is 0 Å². The SMILES string of the molecule is CC(C)CCCCNC(C)c1ccccc1[N+](=O)[O-]. The molecule has 0 fully saturated rings. The fourth-order valence-corrected chi connectivity index (χ4v) is 2.13. The van der Waals surface area contributed by atoms with Gasteiger partial charge in [0.15, 0.2) is 0 Å². The van der Waals surface area contributed by atoms with E-state index in [9.17, 15) is 10.1 Å². The van der Waals surface area contributed by atoms with Crippen molar-refractivity contribution in [2.45, 2.75) is 46.1 Å². The van der Waals surface area contributed by atoms with E-state index in [2.05, 4.69) is 19.2 Å². The fourth-order valence-electron chi connectivity index (χ4n) is 2.13. The minimum atomic E-state index is -0.313. The first-order valence-electron chi connectivity index (χ1n) is 6.99. The summed E-state index contributed by atoms with van der Waals surface area (Å²) in [5.74, 6) is 0.743. The van der Waals surface area contributed by atoms with Crippen LogP contribution < -0.4 is 5.32 Å². The zero-order valence-electron chi connectivity index (χ0n) is 12.1. The van der Waals surface area contributed by atoms with Crippen molar-refractivity contribution >= 4 is 5.69 Å². The van der Waals surface area contributed by atoms with Gasteiger partial charge in [-0.15, -0.1) is 0 Å². The van der Waals surface area contributed by atoms with E-state index in [-0.39, 0.29) is 16.7 Å². The van der Waals surface area contributed by atoms with Crippen molar-refractivity contribution in [3.05, 3.63) is 39.9 Å². The third-order valence-corrected chi connectivity index (χ3v) is 3.26. The Hall–Kier alpha value is -1.42. The molecule has 1 atom stereocenters. The Kier molecular flexibility index (Phi) is 6.50. The number of benzene rings is 1. The van der Waals surface area contributed by atoms with Gasteiger partial charge in [-0.1, -0.05) is 44.9 Å². The number of unbranched alkanes of at least 4 members (excludes halogenated alkanes) is 1. The number of hydrogen-bond acceptors (Lipinski definition) is 3. The molecule has 1 aromatic carbocycles. The van der Waals surface area contributed by atoms with Gasteiger partial charge in [-0.25, -0.2) is 0 Å². The summed E-state index contributed by atoms with van der Waals surface area (Å²) in [5.41, 5.74) is 0.959. The zero-order valence-corrected chi connectivity index (χ0v) is 12.1. The van der Waals surface area contributed by atoms with Crippen molar-refractivity contribution in [2.24, 2.45) is 5.92 Å². The highest BCUT2D eigenvalue weighted by molar-refractivity contribution is 5.41. The van der Waals surface area contributed by atoms with Crippen LogP contribution in [-0.4, -0.2) is 11.5 Å². The summed E-state index contributed by atoms with van der Waals surface area (Å²) in [6.45, 7) is 7.33. The van der Waals surface area contributed by atoms with Crippen LogP contribution >= 0.6 is 0 Å². The lowest BCUT2D eigenvalue weighted by Gasteiger charge is -2.14. The van der Waals surface area contributed by atoms with Gasteiger partial charge in [0.1, 0.15) is 0 Å². The lowest BCUT2D eigenvalue weighted by atomic mass is 10.0. The molecule has 0 radical (unpaired) electrons. The molecule has 0 aliphatic carbocycles. The second-order valence-electron chi connectivity index (χ2n) is 5.38. The molecule has 0 aliphatic heterocycles. The number of hydrogen-bond donors (Lipinski definition) is 1. The van der Waals surface area contributed by atoms with Gasteiger partial charge in [-0.3, -0.25) is 10.1 Å². The molecule has 4 nitrogen and oxygen atoms in total. The first-order chi connectivity index (χ1) is 9.02.